The highest BCUT2D eigenvalue weighted by Gasteiger charge is 2.35. The summed E-state index contributed by atoms with van der Waals surface area (Å²) >= 11 is 0. The van der Waals surface area contributed by atoms with Crippen LogP contribution in [-0.4, -0.2) is 39.3 Å². The number of amides is 1. The molecule has 4 heterocycles. The van der Waals surface area contributed by atoms with Crippen molar-refractivity contribution < 1.29 is 22.7 Å². The zero-order valence-electron chi connectivity index (χ0n) is 14.7. The first-order chi connectivity index (χ1) is 13.9. The molecule has 2 aromatic rings. The van der Waals surface area contributed by atoms with Gasteiger partial charge in [-0.05, 0) is 18.2 Å². The van der Waals surface area contributed by atoms with Gasteiger partial charge < -0.3 is 4.74 Å². The molecule has 1 atom stereocenters. The molecule has 0 spiro atoms. The van der Waals surface area contributed by atoms with Gasteiger partial charge in [-0.25, -0.2) is 15.2 Å². The van der Waals surface area contributed by atoms with Gasteiger partial charge in [-0.2, -0.15) is 18.2 Å². The lowest BCUT2D eigenvalue weighted by molar-refractivity contribution is -0.141. The maximum absolute atomic E-state index is 12.6. The Hall–Kier alpha value is -3.70. The number of halogens is 3. The van der Waals surface area contributed by atoms with Gasteiger partial charge >= 0.3 is 12.3 Å². The summed E-state index contributed by atoms with van der Waals surface area (Å²) in [5, 5.41) is 3.96. The molecule has 2 aliphatic heterocycles. The lowest BCUT2D eigenvalue weighted by atomic mass is 10.1. The zero-order chi connectivity index (χ0) is 20.4. The van der Waals surface area contributed by atoms with Gasteiger partial charge in [0, 0.05) is 42.7 Å². The van der Waals surface area contributed by atoms with Crippen LogP contribution >= 0.6 is 0 Å². The molecule has 2 N–H and O–H groups in total. The van der Waals surface area contributed by atoms with Crippen LogP contribution in [0.1, 0.15) is 29.3 Å². The van der Waals surface area contributed by atoms with Crippen molar-refractivity contribution in [3.8, 4) is 0 Å². The van der Waals surface area contributed by atoms with Crippen LogP contribution in [0.25, 0.3) is 0 Å². The zero-order valence-corrected chi connectivity index (χ0v) is 14.7. The molecule has 1 fully saturated rings. The van der Waals surface area contributed by atoms with Gasteiger partial charge in [0.05, 0.1) is 0 Å². The van der Waals surface area contributed by atoms with Crippen LogP contribution in [0, 0.1) is 0 Å². The third-order valence-corrected chi connectivity index (χ3v) is 4.26. The molecule has 150 valence electrons. The number of hydrogen-bond acceptors (Lipinski definition) is 8. The van der Waals surface area contributed by atoms with Crippen molar-refractivity contribution in [1.29, 1.82) is 0 Å². The number of hydrazone groups is 1. The van der Waals surface area contributed by atoms with E-state index < -0.39 is 24.1 Å². The summed E-state index contributed by atoms with van der Waals surface area (Å²) < 4.78 is 43.3. The van der Waals surface area contributed by atoms with Crippen LogP contribution in [-0.2, 0) is 10.9 Å². The molecule has 0 aromatic carbocycles. The van der Waals surface area contributed by atoms with Crippen molar-refractivity contribution in [3.63, 3.8) is 0 Å². The minimum Gasteiger partial charge on any atom is -0.441 e. The lowest BCUT2D eigenvalue weighted by Gasteiger charge is -2.32. The first-order valence-electron chi connectivity index (χ1n) is 8.51. The predicted octanol–water partition coefficient (Wildman–Crippen LogP) is 2.20. The van der Waals surface area contributed by atoms with E-state index in [1.54, 1.807) is 24.5 Å². The number of pyridine rings is 2. The molecule has 0 saturated carbocycles. The normalized spacial score (nSPS) is 19.5. The van der Waals surface area contributed by atoms with E-state index in [2.05, 4.69) is 31.0 Å². The largest absolute Gasteiger partial charge is 0.441 e. The number of hydrazine groups is 1. The van der Waals surface area contributed by atoms with Crippen LogP contribution in [0.4, 0.5) is 18.0 Å². The Kier molecular flexibility index (Phi) is 4.74. The highest BCUT2D eigenvalue weighted by atomic mass is 19.4. The quantitative estimate of drug-likeness (QED) is 0.794. The van der Waals surface area contributed by atoms with Gasteiger partial charge in [0.15, 0.2) is 5.84 Å². The van der Waals surface area contributed by atoms with E-state index in [1.165, 1.54) is 11.0 Å². The molecule has 29 heavy (non-hydrogen) atoms. The third kappa shape index (κ3) is 3.95. The topological polar surface area (TPSA) is 104 Å². The van der Waals surface area contributed by atoms with Gasteiger partial charge in [0.1, 0.15) is 11.8 Å². The molecule has 1 saturated heterocycles. The molecule has 0 bridgehead atoms. The van der Waals surface area contributed by atoms with Crippen molar-refractivity contribution in [2.75, 3.05) is 6.54 Å². The molecule has 0 aliphatic carbocycles. The molecule has 9 nitrogen and oxygen atoms in total. The van der Waals surface area contributed by atoms with Gasteiger partial charge in [0.2, 0.25) is 0 Å². The number of cyclic esters (lactones) is 1. The Bertz CT molecular complexity index is 961. The lowest BCUT2D eigenvalue weighted by Crippen LogP contribution is -2.48. The highest BCUT2D eigenvalue weighted by Crippen LogP contribution is 2.31. The first-order valence-corrected chi connectivity index (χ1v) is 8.51. The number of aliphatic imine (C=N–C) groups is 1. The number of carbonyl (C=O) groups excluding carboxylic acids is 1. The van der Waals surface area contributed by atoms with Gasteiger partial charge in [-0.15, -0.1) is 5.10 Å². The molecule has 2 aliphatic rings. The van der Waals surface area contributed by atoms with Gasteiger partial charge in [-0.1, -0.05) is 6.07 Å². The number of carbonyl (C=O) groups is 1. The number of amidine groups is 1. The summed E-state index contributed by atoms with van der Waals surface area (Å²) in [6.07, 6.45) is -1.33. The monoisotopic (exact) mass is 405 g/mol. The van der Waals surface area contributed by atoms with Crippen LogP contribution in [0.5, 0.6) is 0 Å². The van der Waals surface area contributed by atoms with Crippen LogP contribution < -0.4 is 11.0 Å². The second kappa shape index (κ2) is 7.37. The van der Waals surface area contributed by atoms with Crippen molar-refractivity contribution in [2.45, 2.75) is 18.7 Å². The van der Waals surface area contributed by atoms with Gasteiger partial charge in [0.25, 0.3) is 5.96 Å². The van der Waals surface area contributed by atoms with Crippen molar-refractivity contribution in [1.82, 2.24) is 25.8 Å². The summed E-state index contributed by atoms with van der Waals surface area (Å²) in [5.41, 5.74) is 5.48. The van der Waals surface area contributed by atoms with Crippen LogP contribution in [0.2, 0.25) is 0 Å². The molecule has 0 radical (unpaired) electrons. The number of alkyl halides is 3. The number of ether oxygens (including phenoxy) is 1. The number of aromatic nitrogens is 2. The average molecular weight is 405 g/mol. The fraction of sp³-hybridized carbons (Fsp3) is 0.235. The van der Waals surface area contributed by atoms with Crippen molar-refractivity contribution >= 4 is 17.9 Å². The molecular weight excluding hydrogens is 391 g/mol. The number of nitrogens with zero attached hydrogens (tertiary/aromatic N) is 5. The maximum Gasteiger partial charge on any atom is 0.433 e. The standard InChI is InChI=1S/C17H14F3N7O2/c18-17(19,20)13-2-1-11(9-22-13)12-5-8-27(16(28)29-12)15-23-14(24-26-25-15)10-3-6-21-7-4-10/h1-4,6-7,9,12,26H,5,8H2,(H,23,24,25). The number of guanidine groups is 1. The summed E-state index contributed by atoms with van der Waals surface area (Å²) in [6.45, 7) is 0.220. The fourth-order valence-electron chi connectivity index (χ4n) is 2.81. The number of hydrogen-bond donors (Lipinski definition) is 2. The minimum atomic E-state index is -4.52. The molecule has 12 heteroatoms. The molecule has 2 aromatic heterocycles. The fourth-order valence-corrected chi connectivity index (χ4v) is 2.81. The van der Waals surface area contributed by atoms with Gasteiger partial charge in [-0.3, -0.25) is 15.4 Å². The summed E-state index contributed by atoms with van der Waals surface area (Å²) in [7, 11) is 0. The minimum absolute atomic E-state index is 0.101. The van der Waals surface area contributed by atoms with E-state index in [1.807, 2.05) is 0 Å². The molecule has 4 rings (SSSR count). The summed E-state index contributed by atoms with van der Waals surface area (Å²) in [4.78, 5) is 25.3. The second-order valence-electron chi connectivity index (χ2n) is 6.13. The van der Waals surface area contributed by atoms with Crippen LogP contribution in [0.15, 0.2) is 52.9 Å². The predicted molar refractivity (Wildman–Crippen MR) is 94.3 cm³/mol. The highest BCUT2D eigenvalue weighted by molar-refractivity contribution is 6.09. The van der Waals surface area contributed by atoms with E-state index in [9.17, 15) is 18.0 Å². The van der Waals surface area contributed by atoms with E-state index in [0.717, 1.165) is 17.8 Å². The number of rotatable bonds is 2. The Morgan fingerprint density at radius 3 is 2.62 bits per heavy atom. The third-order valence-electron chi connectivity index (χ3n) is 4.26. The van der Waals surface area contributed by atoms with Crippen molar-refractivity contribution in [3.05, 3.63) is 59.7 Å². The Labute approximate surface area is 162 Å². The van der Waals surface area contributed by atoms with E-state index in [0.29, 0.717) is 17.8 Å². The molecule has 1 unspecified atom stereocenters. The maximum atomic E-state index is 12.6. The van der Waals surface area contributed by atoms with Crippen LogP contribution in [0.3, 0.4) is 0 Å². The Morgan fingerprint density at radius 2 is 1.97 bits per heavy atom. The van der Waals surface area contributed by atoms with E-state index in [-0.39, 0.29) is 12.5 Å². The van der Waals surface area contributed by atoms with E-state index >= 15 is 0 Å². The summed E-state index contributed by atoms with van der Waals surface area (Å²) in [5.74, 6) is 0.545. The van der Waals surface area contributed by atoms with E-state index in [4.69, 9.17) is 4.74 Å². The SMILES string of the molecule is O=C1OC(c2ccc(C(F)(F)F)nc2)CCN1C1=NNNC(c2ccncc2)=N1. The summed E-state index contributed by atoms with van der Waals surface area (Å²) in [6, 6.07) is 5.59. The number of nitrogens with one attached hydrogen (secondary N) is 2. The second-order valence-corrected chi connectivity index (χ2v) is 6.13. The van der Waals surface area contributed by atoms with Crippen molar-refractivity contribution in [2.24, 2.45) is 10.1 Å². The molecule has 1 amide bonds. The Morgan fingerprint density at radius 1 is 1.17 bits per heavy atom. The molecular formula is C17H14F3N7O2. The first kappa shape index (κ1) is 18.7. The average Bonchev–Trinajstić information content (AvgIpc) is 2.74. The smallest absolute Gasteiger partial charge is 0.433 e. The Balaban J connectivity index is 1.46.